The molecule has 17 rings (SSSR count). The first-order chi connectivity index (χ1) is 41.9. The SMILES string of the molecule is Cc1c2ccccc2c(-c2ccc3ccccc3c2)c2ccccc12.Cc1cc(-n2c3ccccc3c3ccccc32)cc(-n2c3ccccc3c3ccccc32)c1.Cc1ccc2c(-c3ccccc3)c3ccccc3c(-c3ccccc3)c2c1. The fourth-order valence-corrected chi connectivity index (χ4v) is 13.5. The molecule has 2 aromatic heterocycles. The Morgan fingerprint density at radius 2 is 0.541 bits per heavy atom. The lowest BCUT2D eigenvalue weighted by molar-refractivity contribution is 1.12. The van der Waals surface area contributed by atoms with Crippen molar-refractivity contribution in [3.05, 3.63) is 326 Å². The summed E-state index contributed by atoms with van der Waals surface area (Å²) in [5.74, 6) is 0. The second-order valence-electron chi connectivity index (χ2n) is 22.5. The zero-order valence-corrected chi connectivity index (χ0v) is 47.8. The minimum absolute atomic E-state index is 1.18. The molecule has 0 saturated carbocycles. The lowest BCUT2D eigenvalue weighted by Crippen LogP contribution is -1.99. The molecule has 402 valence electrons. The van der Waals surface area contributed by atoms with Gasteiger partial charge in [0.1, 0.15) is 0 Å². The van der Waals surface area contributed by atoms with E-state index in [1.54, 1.807) is 0 Å². The van der Waals surface area contributed by atoms with Gasteiger partial charge >= 0.3 is 0 Å². The van der Waals surface area contributed by atoms with Gasteiger partial charge in [-0.05, 0) is 168 Å². The number of fused-ring (bicyclic) bond motifs is 11. The summed E-state index contributed by atoms with van der Waals surface area (Å²) >= 11 is 0. The van der Waals surface area contributed by atoms with Crippen molar-refractivity contribution in [1.29, 1.82) is 0 Å². The molecule has 85 heavy (non-hydrogen) atoms. The fourth-order valence-electron chi connectivity index (χ4n) is 13.5. The van der Waals surface area contributed by atoms with E-state index in [9.17, 15) is 0 Å². The van der Waals surface area contributed by atoms with Crippen LogP contribution in [0.25, 0.3) is 142 Å². The van der Waals surface area contributed by atoms with Gasteiger partial charge in [-0.15, -0.1) is 0 Å². The molecule has 2 heteroatoms. The average Bonchev–Trinajstić information content (AvgIpc) is 1.91. The molecule has 0 bridgehead atoms. The predicted molar refractivity (Wildman–Crippen MR) is 366 cm³/mol. The van der Waals surface area contributed by atoms with Gasteiger partial charge in [-0.3, -0.25) is 0 Å². The summed E-state index contributed by atoms with van der Waals surface area (Å²) in [6.07, 6.45) is 0. The van der Waals surface area contributed by atoms with Crippen LogP contribution in [0.1, 0.15) is 16.7 Å². The maximum Gasteiger partial charge on any atom is 0.0541 e. The van der Waals surface area contributed by atoms with Gasteiger partial charge in [0.05, 0.1) is 22.1 Å². The Bertz CT molecular complexity index is 5100. The number of rotatable bonds is 5. The van der Waals surface area contributed by atoms with E-state index in [1.807, 2.05) is 0 Å². The van der Waals surface area contributed by atoms with Crippen LogP contribution in [0, 0.1) is 20.8 Å². The summed E-state index contributed by atoms with van der Waals surface area (Å²) in [4.78, 5) is 0. The van der Waals surface area contributed by atoms with E-state index in [0.717, 1.165) is 0 Å². The quantitative estimate of drug-likeness (QED) is 0.152. The summed E-state index contributed by atoms with van der Waals surface area (Å²) in [7, 11) is 0. The Kier molecular flexibility index (Phi) is 12.9. The fraction of sp³-hybridized carbons (Fsp3) is 0.0361. The number of aryl methyl sites for hydroxylation is 3. The molecule has 0 unspecified atom stereocenters. The van der Waals surface area contributed by atoms with E-state index >= 15 is 0 Å². The molecule has 2 nitrogen and oxygen atoms in total. The smallest absolute Gasteiger partial charge is 0.0541 e. The molecule has 0 N–H and O–H groups in total. The van der Waals surface area contributed by atoms with Gasteiger partial charge in [0.15, 0.2) is 0 Å². The lowest BCUT2D eigenvalue weighted by atomic mass is 9.85. The largest absolute Gasteiger partial charge is 0.309 e. The molecule has 0 fully saturated rings. The first-order valence-electron chi connectivity index (χ1n) is 29.5. The van der Waals surface area contributed by atoms with Crippen LogP contribution in [0.2, 0.25) is 0 Å². The molecule has 0 radical (unpaired) electrons. The molecule has 0 saturated heterocycles. The Balaban J connectivity index is 0.000000109. The number of benzene rings is 15. The van der Waals surface area contributed by atoms with E-state index in [0.29, 0.717) is 0 Å². The van der Waals surface area contributed by atoms with Crippen LogP contribution in [0.3, 0.4) is 0 Å². The van der Waals surface area contributed by atoms with Gasteiger partial charge in [-0.25, -0.2) is 0 Å². The first-order valence-corrected chi connectivity index (χ1v) is 29.5. The highest BCUT2D eigenvalue weighted by Gasteiger charge is 2.19. The maximum absolute atomic E-state index is 2.40. The van der Waals surface area contributed by atoms with Gasteiger partial charge in [-0.2, -0.15) is 0 Å². The number of hydrogen-bond acceptors (Lipinski definition) is 0. The molecular weight excluding hydrogens is 1020 g/mol. The van der Waals surface area contributed by atoms with Crippen LogP contribution in [-0.2, 0) is 0 Å². The monoisotopic (exact) mass is 1080 g/mol. The average molecular weight is 1090 g/mol. The molecule has 15 aromatic carbocycles. The maximum atomic E-state index is 2.40. The second kappa shape index (κ2) is 21.5. The van der Waals surface area contributed by atoms with E-state index in [-0.39, 0.29) is 0 Å². The summed E-state index contributed by atoms with van der Waals surface area (Å²) in [5, 5.41) is 18.3. The first kappa shape index (κ1) is 51.1. The zero-order chi connectivity index (χ0) is 57.0. The summed E-state index contributed by atoms with van der Waals surface area (Å²) in [6.45, 7) is 6.59. The van der Waals surface area contributed by atoms with Gasteiger partial charge in [-0.1, -0.05) is 266 Å². The molecule has 0 aliphatic rings. The number of nitrogens with zero attached hydrogens (tertiary/aromatic N) is 2. The van der Waals surface area contributed by atoms with Crippen molar-refractivity contribution in [3.8, 4) is 44.8 Å². The lowest BCUT2D eigenvalue weighted by Gasteiger charge is -2.18. The molecule has 17 aromatic rings. The van der Waals surface area contributed by atoms with Crippen molar-refractivity contribution in [3.63, 3.8) is 0 Å². The second-order valence-corrected chi connectivity index (χ2v) is 22.5. The van der Waals surface area contributed by atoms with Gasteiger partial charge in [0.2, 0.25) is 0 Å². The normalized spacial score (nSPS) is 11.5. The summed E-state index contributed by atoms with van der Waals surface area (Å²) < 4.78 is 4.80. The highest BCUT2D eigenvalue weighted by molar-refractivity contribution is 6.22. The standard InChI is InChI=1S/C31H22N2.C27H20.C25H18/c1-21-18-22(32-28-14-6-2-10-24(28)25-11-3-7-15-29(25)32)20-23(19-21)33-30-16-8-4-12-26(30)27-13-5-9-17-31(27)33;1-19-16-17-24-25(18-19)27(21-12-6-3-7-13-21)23-15-9-8-14-22(23)26(24)20-10-4-2-5-11-20;1-17-21-10-4-6-12-23(21)25(24-13-7-5-11-22(17)24)20-15-14-18-8-2-3-9-19(18)16-20/h2-20H,1H3;2-18H,1H3;2-16H,1H3. The van der Waals surface area contributed by atoms with Crippen LogP contribution in [-0.4, -0.2) is 9.13 Å². The van der Waals surface area contributed by atoms with E-state index in [4.69, 9.17) is 0 Å². The van der Waals surface area contributed by atoms with Crippen molar-refractivity contribution in [2.75, 3.05) is 0 Å². The van der Waals surface area contributed by atoms with Crippen LogP contribution < -0.4 is 0 Å². The molecule has 0 spiro atoms. The molecular formula is C83H60N2. The van der Waals surface area contributed by atoms with Gasteiger partial charge in [0, 0.05) is 32.9 Å². The Hall–Kier alpha value is -10.8. The van der Waals surface area contributed by atoms with Crippen molar-refractivity contribution in [1.82, 2.24) is 9.13 Å². The Labute approximate surface area is 495 Å². The van der Waals surface area contributed by atoms with E-state index < -0.39 is 0 Å². The van der Waals surface area contributed by atoms with Gasteiger partial charge in [0.25, 0.3) is 0 Å². The van der Waals surface area contributed by atoms with E-state index in [1.165, 1.54) is 159 Å². The summed E-state index contributed by atoms with van der Waals surface area (Å²) in [5.41, 5.74) is 19.0. The van der Waals surface area contributed by atoms with Crippen molar-refractivity contribution >= 4 is 97.5 Å². The van der Waals surface area contributed by atoms with Crippen molar-refractivity contribution < 1.29 is 0 Å². The Morgan fingerprint density at radius 3 is 1.00 bits per heavy atom. The van der Waals surface area contributed by atoms with E-state index in [2.05, 4.69) is 339 Å². The highest BCUT2D eigenvalue weighted by Crippen LogP contribution is 2.45. The minimum atomic E-state index is 1.18. The third-order valence-corrected chi connectivity index (χ3v) is 17.3. The number of para-hydroxylation sites is 4. The van der Waals surface area contributed by atoms with Crippen LogP contribution in [0.15, 0.2) is 309 Å². The number of aromatic nitrogens is 2. The van der Waals surface area contributed by atoms with Crippen molar-refractivity contribution in [2.24, 2.45) is 0 Å². The number of hydrogen-bond donors (Lipinski definition) is 0. The van der Waals surface area contributed by atoms with Crippen molar-refractivity contribution in [2.45, 2.75) is 20.8 Å². The van der Waals surface area contributed by atoms with Crippen LogP contribution in [0.4, 0.5) is 0 Å². The molecule has 0 amide bonds. The predicted octanol–water partition coefficient (Wildman–Crippen LogP) is 22.9. The van der Waals surface area contributed by atoms with Crippen LogP contribution >= 0.6 is 0 Å². The zero-order valence-electron chi connectivity index (χ0n) is 47.8. The third-order valence-electron chi connectivity index (χ3n) is 17.3. The summed E-state index contributed by atoms with van der Waals surface area (Å²) in [6, 6.07) is 112. The Morgan fingerprint density at radius 1 is 0.200 bits per heavy atom. The molecule has 0 atom stereocenters. The third kappa shape index (κ3) is 8.99. The van der Waals surface area contributed by atoms with Crippen LogP contribution in [0.5, 0.6) is 0 Å². The van der Waals surface area contributed by atoms with Gasteiger partial charge < -0.3 is 9.13 Å². The topological polar surface area (TPSA) is 9.86 Å². The molecule has 2 heterocycles. The molecule has 0 aliphatic heterocycles. The highest BCUT2D eigenvalue weighted by atomic mass is 15.0. The molecule has 0 aliphatic carbocycles. The minimum Gasteiger partial charge on any atom is -0.309 e.